The van der Waals surface area contributed by atoms with Gasteiger partial charge < -0.3 is 4.90 Å². The predicted octanol–water partition coefficient (Wildman–Crippen LogP) is 5.78. The Morgan fingerprint density at radius 2 is 1.74 bits per heavy atom. The minimum absolute atomic E-state index is 0.0809. The van der Waals surface area contributed by atoms with Crippen LogP contribution in [-0.4, -0.2) is 34.5 Å². The Bertz CT molecular complexity index is 1170. The Labute approximate surface area is 213 Å². The van der Waals surface area contributed by atoms with Gasteiger partial charge in [0.2, 0.25) is 0 Å². The normalized spacial score (nSPS) is 18.5. The van der Waals surface area contributed by atoms with Gasteiger partial charge in [0.05, 0.1) is 18.5 Å². The number of nitrogens with zero attached hydrogens (tertiary/aromatic N) is 1. The van der Waals surface area contributed by atoms with Crippen LogP contribution in [0.3, 0.4) is 0 Å². The number of sulfonamides is 1. The summed E-state index contributed by atoms with van der Waals surface area (Å²) in [6.07, 6.45) is 2.16. The van der Waals surface area contributed by atoms with Crippen molar-refractivity contribution in [1.29, 1.82) is 0 Å². The number of rotatable bonds is 7. The minimum atomic E-state index is -3.96. The van der Waals surface area contributed by atoms with Crippen LogP contribution >= 0.6 is 0 Å². The lowest BCUT2D eigenvalue weighted by atomic mass is 9.94. The zero-order valence-corrected chi connectivity index (χ0v) is 24.4. The lowest BCUT2D eigenvalue weighted by molar-refractivity contribution is 0.0982. The lowest BCUT2D eigenvalue weighted by Crippen LogP contribution is -2.45. The molecular formula is C28H42N2O3SSi. The van der Waals surface area contributed by atoms with Crippen LogP contribution in [0.25, 0.3) is 0 Å². The zero-order chi connectivity index (χ0) is 26.2. The van der Waals surface area contributed by atoms with E-state index in [4.69, 9.17) is 0 Å². The number of hydrogen-bond donors (Lipinski definition) is 1. The molecule has 2 aromatic carbocycles. The molecule has 0 spiro atoms. The van der Waals surface area contributed by atoms with Crippen molar-refractivity contribution in [3.63, 3.8) is 0 Å². The highest BCUT2D eigenvalue weighted by Gasteiger charge is 2.39. The monoisotopic (exact) mass is 514 g/mol. The maximum atomic E-state index is 13.4. The summed E-state index contributed by atoms with van der Waals surface area (Å²) in [4.78, 5) is 15.8. The molecule has 1 aliphatic rings. The van der Waals surface area contributed by atoms with E-state index in [1.165, 1.54) is 17.3 Å². The molecule has 1 N–H and O–H groups in total. The molecule has 1 fully saturated rings. The van der Waals surface area contributed by atoms with Crippen LogP contribution in [0.4, 0.5) is 5.69 Å². The maximum absolute atomic E-state index is 13.4. The van der Waals surface area contributed by atoms with E-state index in [-0.39, 0.29) is 15.8 Å². The van der Waals surface area contributed by atoms with Gasteiger partial charge in [0.25, 0.3) is 15.9 Å². The Morgan fingerprint density at radius 3 is 2.29 bits per heavy atom. The van der Waals surface area contributed by atoms with Crippen molar-refractivity contribution in [3.8, 4) is 0 Å². The first kappa shape index (κ1) is 27.5. The van der Waals surface area contributed by atoms with Gasteiger partial charge in [-0.1, -0.05) is 82.7 Å². The first-order valence-corrected chi connectivity index (χ1v) is 17.3. The molecule has 1 atom stereocenters. The summed E-state index contributed by atoms with van der Waals surface area (Å²) >= 11 is 0. The molecule has 2 aromatic rings. The van der Waals surface area contributed by atoms with Crippen LogP contribution in [0.5, 0.6) is 0 Å². The molecule has 0 aliphatic carbocycles. The fraction of sp³-hybridized carbons (Fsp3) is 0.536. The number of carbonyl (C=O) groups is 1. The van der Waals surface area contributed by atoms with Crippen molar-refractivity contribution in [1.82, 2.24) is 4.72 Å². The summed E-state index contributed by atoms with van der Waals surface area (Å²) in [5.74, 6) is -0.0938. The molecule has 35 heavy (non-hydrogen) atoms. The third-order valence-electron chi connectivity index (χ3n) is 7.17. The van der Waals surface area contributed by atoms with Crippen molar-refractivity contribution in [2.24, 2.45) is 11.3 Å². The van der Waals surface area contributed by atoms with Crippen LogP contribution in [0.1, 0.15) is 64.7 Å². The van der Waals surface area contributed by atoms with Crippen molar-refractivity contribution < 1.29 is 13.2 Å². The fourth-order valence-electron chi connectivity index (χ4n) is 5.05. The highest BCUT2D eigenvalue weighted by molar-refractivity contribution is 7.90. The van der Waals surface area contributed by atoms with E-state index in [9.17, 15) is 13.2 Å². The Hall–Kier alpha value is -2.12. The third kappa shape index (κ3) is 6.56. The molecular weight excluding hydrogens is 472 g/mol. The minimum Gasteiger partial charge on any atom is -0.365 e. The molecule has 3 rings (SSSR count). The number of benzene rings is 2. The molecule has 0 unspecified atom stereocenters. The SMILES string of the molecule is C[C@@H]1CN(c2cc([Si](C)(C)CCC(C)(C)C)ccc2C(=O)NS(=O)(=O)c2ccccc2)C(C)(C)C1. The van der Waals surface area contributed by atoms with Gasteiger partial charge in [0.15, 0.2) is 0 Å². The van der Waals surface area contributed by atoms with E-state index >= 15 is 0 Å². The second kappa shape index (κ2) is 9.73. The van der Waals surface area contributed by atoms with Crippen molar-refractivity contribution in [2.75, 3.05) is 11.4 Å². The molecule has 5 nitrogen and oxygen atoms in total. The Kier molecular flexibility index (Phi) is 7.64. The smallest absolute Gasteiger partial charge is 0.267 e. The average Bonchev–Trinajstić information content (AvgIpc) is 3.03. The second-order valence-corrected chi connectivity index (χ2v) is 19.2. The van der Waals surface area contributed by atoms with Gasteiger partial charge in [0, 0.05) is 17.8 Å². The quantitative estimate of drug-likeness (QED) is 0.476. The van der Waals surface area contributed by atoms with E-state index in [1.807, 2.05) is 6.07 Å². The van der Waals surface area contributed by atoms with E-state index in [0.717, 1.165) is 31.1 Å². The summed E-state index contributed by atoms with van der Waals surface area (Å²) in [5.41, 5.74) is 1.40. The fourth-order valence-corrected chi connectivity index (χ4v) is 8.76. The standard InChI is InChI=1S/C28H42N2O3SSi/c1-21-19-28(5,6)30(20-21)25-18-23(35(7,8)17-16-27(2,3)4)14-15-24(25)26(31)29-34(32,33)22-12-10-9-11-13-22/h9-15,18,21H,16-17,19-20H2,1-8H3,(H,29,31)/t21-/m0/s1. The molecule has 192 valence electrons. The van der Waals surface area contributed by atoms with Gasteiger partial charge in [-0.2, -0.15) is 0 Å². The molecule has 0 aromatic heterocycles. The summed E-state index contributed by atoms with van der Waals surface area (Å²) in [5, 5.41) is 1.30. The van der Waals surface area contributed by atoms with Gasteiger partial charge in [-0.15, -0.1) is 0 Å². The van der Waals surface area contributed by atoms with Crippen molar-refractivity contribution in [2.45, 2.75) is 84.0 Å². The van der Waals surface area contributed by atoms with Crippen LogP contribution < -0.4 is 14.8 Å². The summed E-state index contributed by atoms with van der Waals surface area (Å²) in [7, 11) is -5.73. The molecule has 1 saturated heterocycles. The van der Waals surface area contributed by atoms with E-state index in [2.05, 4.69) is 76.4 Å². The van der Waals surface area contributed by atoms with Crippen molar-refractivity contribution >= 4 is 34.9 Å². The Morgan fingerprint density at radius 1 is 1.11 bits per heavy atom. The largest absolute Gasteiger partial charge is 0.365 e. The average molecular weight is 515 g/mol. The van der Waals surface area contributed by atoms with Gasteiger partial charge in [-0.25, -0.2) is 13.1 Å². The maximum Gasteiger partial charge on any atom is 0.267 e. The van der Waals surface area contributed by atoms with Crippen LogP contribution in [0.15, 0.2) is 53.4 Å². The summed E-state index contributed by atoms with van der Waals surface area (Å²) in [6.45, 7) is 19.1. The Balaban J connectivity index is 2.03. The zero-order valence-electron chi connectivity index (χ0n) is 22.6. The number of nitrogens with one attached hydrogen (secondary N) is 1. The number of amides is 1. The van der Waals surface area contributed by atoms with Crippen LogP contribution in [0.2, 0.25) is 19.1 Å². The van der Waals surface area contributed by atoms with E-state index < -0.39 is 24.0 Å². The van der Waals surface area contributed by atoms with Gasteiger partial charge >= 0.3 is 0 Å². The van der Waals surface area contributed by atoms with Crippen molar-refractivity contribution in [3.05, 3.63) is 54.1 Å². The number of carbonyl (C=O) groups excluding carboxylic acids is 1. The first-order valence-electron chi connectivity index (χ1n) is 12.6. The van der Waals surface area contributed by atoms with Crippen LogP contribution in [0, 0.1) is 11.3 Å². The lowest BCUT2D eigenvalue weighted by Gasteiger charge is -2.36. The van der Waals surface area contributed by atoms with E-state index in [0.29, 0.717) is 11.5 Å². The predicted molar refractivity (Wildman–Crippen MR) is 149 cm³/mol. The molecule has 1 aliphatic heterocycles. The van der Waals surface area contributed by atoms with Gasteiger partial charge in [-0.3, -0.25) is 4.79 Å². The molecule has 0 saturated carbocycles. The highest BCUT2D eigenvalue weighted by atomic mass is 32.2. The second-order valence-electron chi connectivity index (χ2n) is 12.7. The van der Waals surface area contributed by atoms with E-state index in [1.54, 1.807) is 18.2 Å². The molecule has 1 amide bonds. The molecule has 1 heterocycles. The number of hydrogen-bond acceptors (Lipinski definition) is 4. The first-order chi connectivity index (χ1) is 16.0. The van der Waals surface area contributed by atoms with Gasteiger partial charge in [0.1, 0.15) is 0 Å². The highest BCUT2D eigenvalue weighted by Crippen LogP contribution is 2.38. The summed E-state index contributed by atoms with van der Waals surface area (Å²) < 4.78 is 28.1. The van der Waals surface area contributed by atoms with Crippen LogP contribution in [-0.2, 0) is 10.0 Å². The van der Waals surface area contributed by atoms with Gasteiger partial charge in [-0.05, 0) is 55.9 Å². The summed E-state index contributed by atoms with van der Waals surface area (Å²) in [6, 6.07) is 15.3. The molecule has 0 bridgehead atoms. The molecule has 0 radical (unpaired) electrons. The number of anilines is 1. The topological polar surface area (TPSA) is 66.5 Å². The third-order valence-corrected chi connectivity index (χ3v) is 11.9. The molecule has 7 heteroatoms.